The number of carbonyl (C=O) groups excluding carboxylic acids is 2. The Hall–Kier alpha value is -3.64. The van der Waals surface area contributed by atoms with Gasteiger partial charge in [0.05, 0.1) is 0 Å². The zero-order chi connectivity index (χ0) is 25.7. The fraction of sp³-hybridized carbons (Fsp3) is 0.200. The Bertz CT molecular complexity index is 1390. The second-order valence-electron chi connectivity index (χ2n) is 9.76. The van der Waals surface area contributed by atoms with Gasteiger partial charge in [-0.25, -0.2) is 0 Å². The molecule has 0 bridgehead atoms. The molecule has 0 aliphatic rings. The number of fused-ring (bicyclic) bond motifs is 1. The zero-order valence-corrected chi connectivity index (χ0v) is 22.3. The highest BCUT2D eigenvalue weighted by Gasteiger charge is 2.17. The molecular formula is C30H30BrN3O2. The van der Waals surface area contributed by atoms with E-state index in [0.717, 1.165) is 32.1 Å². The van der Waals surface area contributed by atoms with Gasteiger partial charge in [0.2, 0.25) is 0 Å². The van der Waals surface area contributed by atoms with Crippen LogP contribution in [-0.2, 0) is 16.6 Å². The van der Waals surface area contributed by atoms with Crippen LogP contribution in [0.3, 0.4) is 0 Å². The molecule has 4 aromatic rings. The maximum Gasteiger partial charge on any atom is 0.267 e. The van der Waals surface area contributed by atoms with Crippen LogP contribution in [-0.4, -0.2) is 23.3 Å². The van der Waals surface area contributed by atoms with Gasteiger partial charge in [0.1, 0.15) is 5.70 Å². The molecule has 0 radical (unpaired) electrons. The molecule has 3 aromatic carbocycles. The van der Waals surface area contributed by atoms with Crippen LogP contribution in [0.25, 0.3) is 17.0 Å². The van der Waals surface area contributed by atoms with E-state index in [0.29, 0.717) is 18.5 Å². The summed E-state index contributed by atoms with van der Waals surface area (Å²) in [5.41, 5.74) is 4.83. The SMILES string of the molecule is CC(C)(C)c1ccc(C(=O)NC(=Cc2ccc(Br)cc2)C(=O)NCCc2c[nH]c3ccccc23)cc1. The molecule has 6 heteroatoms. The Balaban J connectivity index is 1.49. The molecule has 0 saturated carbocycles. The Labute approximate surface area is 220 Å². The monoisotopic (exact) mass is 543 g/mol. The number of aromatic nitrogens is 1. The largest absolute Gasteiger partial charge is 0.361 e. The van der Waals surface area contributed by atoms with Crippen molar-refractivity contribution in [1.82, 2.24) is 15.6 Å². The van der Waals surface area contributed by atoms with Crippen molar-refractivity contribution in [2.45, 2.75) is 32.6 Å². The van der Waals surface area contributed by atoms with Crippen molar-refractivity contribution >= 4 is 44.7 Å². The fourth-order valence-electron chi connectivity index (χ4n) is 3.94. The number of benzene rings is 3. The summed E-state index contributed by atoms with van der Waals surface area (Å²) < 4.78 is 0.937. The standard InChI is InChI=1S/C30H30BrN3O2/c1-30(2,3)23-12-10-21(11-13-23)28(35)34-27(18-20-8-14-24(31)15-9-20)29(36)32-17-16-22-19-33-26-7-5-4-6-25(22)26/h4-15,18-19,33H,16-17H2,1-3H3,(H,32,36)(H,34,35). The molecule has 0 atom stereocenters. The molecule has 0 unspecified atom stereocenters. The maximum atomic E-state index is 13.1. The zero-order valence-electron chi connectivity index (χ0n) is 20.7. The highest BCUT2D eigenvalue weighted by atomic mass is 79.9. The van der Waals surface area contributed by atoms with Crippen molar-refractivity contribution in [3.63, 3.8) is 0 Å². The third-order valence-electron chi connectivity index (χ3n) is 6.04. The lowest BCUT2D eigenvalue weighted by atomic mass is 9.87. The van der Waals surface area contributed by atoms with Gasteiger partial charge in [0.25, 0.3) is 11.8 Å². The maximum absolute atomic E-state index is 13.1. The minimum Gasteiger partial charge on any atom is -0.361 e. The van der Waals surface area contributed by atoms with Gasteiger partial charge in [-0.05, 0) is 64.9 Å². The first-order valence-corrected chi connectivity index (χ1v) is 12.7. The van der Waals surface area contributed by atoms with E-state index in [1.807, 2.05) is 60.8 Å². The predicted octanol–water partition coefficient (Wildman–Crippen LogP) is 6.36. The predicted molar refractivity (Wildman–Crippen MR) is 150 cm³/mol. The summed E-state index contributed by atoms with van der Waals surface area (Å²) in [5, 5.41) is 6.92. The summed E-state index contributed by atoms with van der Waals surface area (Å²) in [4.78, 5) is 29.4. The normalized spacial score (nSPS) is 11.9. The molecule has 0 aliphatic heterocycles. The van der Waals surface area contributed by atoms with Crippen molar-refractivity contribution < 1.29 is 9.59 Å². The first-order chi connectivity index (χ1) is 17.2. The van der Waals surface area contributed by atoms with Crippen LogP contribution in [0.4, 0.5) is 0 Å². The van der Waals surface area contributed by atoms with Crippen LogP contribution >= 0.6 is 15.9 Å². The molecule has 184 valence electrons. The first-order valence-electron chi connectivity index (χ1n) is 11.9. The van der Waals surface area contributed by atoms with E-state index in [4.69, 9.17) is 0 Å². The van der Waals surface area contributed by atoms with Gasteiger partial charge in [-0.3, -0.25) is 9.59 Å². The molecule has 4 rings (SSSR count). The average Bonchev–Trinajstić information content (AvgIpc) is 3.27. The molecule has 2 amide bonds. The quantitative estimate of drug-likeness (QED) is 0.237. The minimum absolute atomic E-state index is 0.00761. The van der Waals surface area contributed by atoms with Crippen LogP contribution < -0.4 is 10.6 Å². The third kappa shape index (κ3) is 6.32. The third-order valence-corrected chi connectivity index (χ3v) is 6.57. The molecular weight excluding hydrogens is 514 g/mol. The molecule has 0 saturated heterocycles. The van der Waals surface area contributed by atoms with E-state index < -0.39 is 0 Å². The average molecular weight is 544 g/mol. The fourth-order valence-corrected chi connectivity index (χ4v) is 4.21. The van der Waals surface area contributed by atoms with Crippen molar-refractivity contribution in [2.24, 2.45) is 0 Å². The second-order valence-corrected chi connectivity index (χ2v) is 10.7. The summed E-state index contributed by atoms with van der Waals surface area (Å²) in [6.07, 6.45) is 4.33. The summed E-state index contributed by atoms with van der Waals surface area (Å²) in [7, 11) is 0. The number of aromatic amines is 1. The van der Waals surface area contributed by atoms with E-state index in [9.17, 15) is 9.59 Å². The lowest BCUT2D eigenvalue weighted by Gasteiger charge is -2.19. The van der Waals surface area contributed by atoms with Gasteiger partial charge in [-0.1, -0.05) is 79.2 Å². The highest BCUT2D eigenvalue weighted by Crippen LogP contribution is 2.22. The first kappa shape index (κ1) is 25.5. The number of amides is 2. The number of carbonyl (C=O) groups is 2. The van der Waals surface area contributed by atoms with Crippen molar-refractivity contribution in [3.8, 4) is 0 Å². The molecule has 0 aliphatic carbocycles. The lowest BCUT2D eigenvalue weighted by molar-refractivity contribution is -0.117. The molecule has 3 N–H and O–H groups in total. The number of halogens is 1. The number of nitrogens with one attached hydrogen (secondary N) is 3. The van der Waals surface area contributed by atoms with Gasteiger partial charge in [0.15, 0.2) is 0 Å². The molecule has 1 heterocycles. The Kier molecular flexibility index (Phi) is 7.75. The van der Waals surface area contributed by atoms with Crippen LogP contribution in [0.2, 0.25) is 0 Å². The van der Waals surface area contributed by atoms with E-state index >= 15 is 0 Å². The number of para-hydroxylation sites is 1. The Morgan fingerprint density at radius 2 is 1.64 bits per heavy atom. The Morgan fingerprint density at radius 3 is 2.33 bits per heavy atom. The van der Waals surface area contributed by atoms with E-state index in [2.05, 4.69) is 58.4 Å². The topological polar surface area (TPSA) is 74.0 Å². The lowest BCUT2D eigenvalue weighted by Crippen LogP contribution is -2.35. The van der Waals surface area contributed by atoms with Crippen molar-refractivity contribution in [2.75, 3.05) is 6.54 Å². The molecule has 0 spiro atoms. The minimum atomic E-state index is -0.336. The second kappa shape index (κ2) is 11.0. The van der Waals surface area contributed by atoms with E-state index in [1.54, 1.807) is 18.2 Å². The number of hydrogen-bond acceptors (Lipinski definition) is 2. The Morgan fingerprint density at radius 1 is 0.944 bits per heavy atom. The summed E-state index contributed by atoms with van der Waals surface area (Å²) in [5.74, 6) is -0.664. The van der Waals surface area contributed by atoms with Gasteiger partial charge in [-0.2, -0.15) is 0 Å². The van der Waals surface area contributed by atoms with Gasteiger partial charge in [-0.15, -0.1) is 0 Å². The van der Waals surface area contributed by atoms with Crippen LogP contribution in [0.1, 0.15) is 47.8 Å². The van der Waals surface area contributed by atoms with Crippen LogP contribution in [0.5, 0.6) is 0 Å². The van der Waals surface area contributed by atoms with Crippen molar-refractivity contribution in [3.05, 3.63) is 111 Å². The summed E-state index contributed by atoms with van der Waals surface area (Å²) >= 11 is 3.43. The molecule has 1 aromatic heterocycles. The smallest absolute Gasteiger partial charge is 0.267 e. The van der Waals surface area contributed by atoms with Crippen LogP contribution in [0, 0.1) is 0 Å². The van der Waals surface area contributed by atoms with Gasteiger partial charge in [0, 0.05) is 33.7 Å². The molecule has 0 fully saturated rings. The van der Waals surface area contributed by atoms with E-state index in [-0.39, 0.29) is 22.9 Å². The number of hydrogen-bond donors (Lipinski definition) is 3. The van der Waals surface area contributed by atoms with Gasteiger partial charge < -0.3 is 15.6 Å². The number of rotatable bonds is 7. The number of H-pyrrole nitrogens is 1. The van der Waals surface area contributed by atoms with Gasteiger partial charge >= 0.3 is 0 Å². The summed E-state index contributed by atoms with van der Waals surface area (Å²) in [6, 6.07) is 23.1. The highest BCUT2D eigenvalue weighted by molar-refractivity contribution is 9.10. The van der Waals surface area contributed by atoms with E-state index in [1.165, 1.54) is 0 Å². The molecule has 36 heavy (non-hydrogen) atoms. The summed E-state index contributed by atoms with van der Waals surface area (Å²) in [6.45, 7) is 6.82. The van der Waals surface area contributed by atoms with Crippen molar-refractivity contribution in [1.29, 1.82) is 0 Å². The molecule has 5 nitrogen and oxygen atoms in total. The van der Waals surface area contributed by atoms with Crippen LogP contribution in [0.15, 0.2) is 89.2 Å².